The molecule has 3 aromatic carbocycles. The van der Waals surface area contributed by atoms with Crippen LogP contribution in [0, 0.1) is 0 Å². The van der Waals surface area contributed by atoms with E-state index in [1.54, 1.807) is 48.5 Å². The highest BCUT2D eigenvalue weighted by atomic mass is 16.5. The van der Waals surface area contributed by atoms with Crippen molar-refractivity contribution in [2.75, 3.05) is 5.32 Å². The molecule has 0 saturated heterocycles. The van der Waals surface area contributed by atoms with Crippen LogP contribution in [0.3, 0.4) is 0 Å². The van der Waals surface area contributed by atoms with Crippen LogP contribution in [0.2, 0.25) is 0 Å². The Morgan fingerprint density at radius 3 is 2.54 bits per heavy atom. The Labute approximate surface area is 147 Å². The minimum atomic E-state index is -1.30. The lowest BCUT2D eigenvalue weighted by Crippen LogP contribution is -2.40. The number of carbonyl (C=O) groups is 2. The lowest BCUT2D eigenvalue weighted by molar-refractivity contribution is -0.0851. The van der Waals surface area contributed by atoms with E-state index in [2.05, 4.69) is 5.32 Å². The van der Waals surface area contributed by atoms with Crippen LogP contribution in [0.15, 0.2) is 54.6 Å². The number of anilines is 1. The van der Waals surface area contributed by atoms with Crippen molar-refractivity contribution in [2.45, 2.75) is 6.17 Å². The molecule has 0 saturated carbocycles. The minimum absolute atomic E-state index is 0.117. The summed E-state index contributed by atoms with van der Waals surface area (Å²) < 4.78 is 0. The number of nitrogens with zero attached hydrogens (tertiary/aromatic N) is 1. The van der Waals surface area contributed by atoms with E-state index in [0.717, 1.165) is 0 Å². The molecule has 130 valence electrons. The van der Waals surface area contributed by atoms with E-state index in [0.29, 0.717) is 21.5 Å². The summed E-state index contributed by atoms with van der Waals surface area (Å²) in [5.41, 5.74) is 0.576. The van der Waals surface area contributed by atoms with Crippen molar-refractivity contribution in [2.24, 2.45) is 0 Å². The number of hydroxylamine groups is 2. The van der Waals surface area contributed by atoms with Crippen LogP contribution in [-0.4, -0.2) is 32.4 Å². The molecule has 26 heavy (non-hydrogen) atoms. The largest absolute Gasteiger partial charge is 0.507 e. The maximum Gasteiger partial charge on any atom is 0.339 e. The summed E-state index contributed by atoms with van der Waals surface area (Å²) in [4.78, 5) is 24.0. The highest BCUT2D eigenvalue weighted by Crippen LogP contribution is 2.41. The Morgan fingerprint density at radius 2 is 1.77 bits per heavy atom. The van der Waals surface area contributed by atoms with Crippen LogP contribution in [0.25, 0.3) is 10.8 Å². The summed E-state index contributed by atoms with van der Waals surface area (Å²) >= 11 is 0. The third kappa shape index (κ3) is 2.26. The van der Waals surface area contributed by atoms with Crippen molar-refractivity contribution in [1.82, 2.24) is 5.06 Å². The average Bonchev–Trinajstić information content (AvgIpc) is 2.64. The lowest BCUT2D eigenvalue weighted by Gasteiger charge is -2.34. The van der Waals surface area contributed by atoms with E-state index in [4.69, 9.17) is 0 Å². The van der Waals surface area contributed by atoms with Crippen molar-refractivity contribution in [3.63, 3.8) is 0 Å². The normalized spacial score (nSPS) is 16.3. The van der Waals surface area contributed by atoms with Gasteiger partial charge < -0.3 is 15.5 Å². The number of phenols is 1. The molecular weight excluding hydrogens is 336 g/mol. The topological polar surface area (TPSA) is 110 Å². The van der Waals surface area contributed by atoms with Gasteiger partial charge in [0.25, 0.3) is 5.91 Å². The van der Waals surface area contributed by atoms with Crippen LogP contribution in [0.1, 0.15) is 32.4 Å². The maximum atomic E-state index is 12.5. The van der Waals surface area contributed by atoms with E-state index < -0.39 is 23.8 Å². The summed E-state index contributed by atoms with van der Waals surface area (Å²) in [6.07, 6.45) is -1.14. The van der Waals surface area contributed by atoms with Crippen molar-refractivity contribution in [1.29, 1.82) is 0 Å². The number of aromatic carboxylic acids is 1. The Bertz CT molecular complexity index is 1060. The second kappa shape index (κ2) is 5.75. The first-order valence-electron chi connectivity index (χ1n) is 7.85. The molecule has 1 aliphatic heterocycles. The number of nitrogens with one attached hydrogen (secondary N) is 1. The van der Waals surface area contributed by atoms with Gasteiger partial charge >= 0.3 is 5.97 Å². The van der Waals surface area contributed by atoms with Gasteiger partial charge in [0, 0.05) is 11.3 Å². The van der Waals surface area contributed by atoms with Crippen molar-refractivity contribution in [3.05, 3.63) is 71.3 Å². The SMILES string of the molecule is O=C(O)c1cc2ccccc2c([C@H]2Nc3ccccc3C(=O)N2O)c1O. The standard InChI is InChI=1S/C19H14N2O5/c22-16-13(19(24)25)9-10-5-1-2-6-11(10)15(16)17-20-14-8-4-3-7-12(14)18(23)21(17)26/h1-9,17,20,22,26H,(H,24,25)/t17-/m0/s1. The second-order valence-electron chi connectivity index (χ2n) is 5.95. The fraction of sp³-hybridized carbons (Fsp3) is 0.0526. The van der Waals surface area contributed by atoms with E-state index in [9.17, 15) is 25.0 Å². The zero-order valence-corrected chi connectivity index (χ0v) is 13.4. The van der Waals surface area contributed by atoms with Gasteiger partial charge in [-0.25, -0.2) is 4.79 Å². The van der Waals surface area contributed by atoms with Crippen LogP contribution < -0.4 is 5.32 Å². The van der Waals surface area contributed by atoms with Gasteiger partial charge in [0.1, 0.15) is 11.3 Å². The minimum Gasteiger partial charge on any atom is -0.507 e. The van der Waals surface area contributed by atoms with E-state index in [-0.39, 0.29) is 16.7 Å². The van der Waals surface area contributed by atoms with Crippen LogP contribution in [0.5, 0.6) is 5.75 Å². The molecule has 0 bridgehead atoms. The number of aromatic hydroxyl groups is 1. The zero-order chi connectivity index (χ0) is 18.4. The monoisotopic (exact) mass is 350 g/mol. The van der Waals surface area contributed by atoms with E-state index in [1.807, 2.05) is 0 Å². The number of benzene rings is 3. The molecule has 3 aromatic rings. The van der Waals surface area contributed by atoms with Crippen molar-refractivity contribution in [3.8, 4) is 5.75 Å². The van der Waals surface area contributed by atoms with E-state index >= 15 is 0 Å². The molecule has 1 amide bonds. The number of carboxylic acid groups (broad SMARTS) is 1. The van der Waals surface area contributed by atoms with Crippen molar-refractivity contribution < 1.29 is 25.0 Å². The summed E-state index contributed by atoms with van der Waals surface area (Å²) in [5.74, 6) is -2.45. The predicted molar refractivity (Wildman–Crippen MR) is 93.3 cm³/mol. The van der Waals surface area contributed by atoms with Gasteiger partial charge in [-0.1, -0.05) is 36.4 Å². The fourth-order valence-electron chi connectivity index (χ4n) is 3.24. The molecule has 1 heterocycles. The maximum absolute atomic E-state index is 12.5. The number of hydrogen-bond donors (Lipinski definition) is 4. The molecule has 0 unspecified atom stereocenters. The summed E-state index contributed by atoms with van der Waals surface area (Å²) in [7, 11) is 0. The first-order valence-corrected chi connectivity index (χ1v) is 7.85. The number of para-hydroxylation sites is 1. The van der Waals surface area contributed by atoms with Gasteiger partial charge in [-0.2, -0.15) is 5.06 Å². The van der Waals surface area contributed by atoms with Crippen molar-refractivity contribution >= 4 is 28.3 Å². The molecule has 0 radical (unpaired) electrons. The zero-order valence-electron chi connectivity index (χ0n) is 13.4. The van der Waals surface area contributed by atoms with Gasteiger partial charge in [0.2, 0.25) is 0 Å². The molecule has 4 N–H and O–H groups in total. The molecule has 0 aromatic heterocycles. The quantitative estimate of drug-likeness (QED) is 0.528. The molecule has 1 atom stereocenters. The Morgan fingerprint density at radius 1 is 1.08 bits per heavy atom. The number of fused-ring (bicyclic) bond motifs is 2. The third-order valence-electron chi connectivity index (χ3n) is 4.47. The van der Waals surface area contributed by atoms with Gasteiger partial charge in [-0.15, -0.1) is 0 Å². The molecule has 0 fully saturated rings. The lowest BCUT2D eigenvalue weighted by atomic mass is 9.95. The molecule has 0 spiro atoms. The molecule has 4 rings (SSSR count). The third-order valence-corrected chi connectivity index (χ3v) is 4.47. The van der Waals surface area contributed by atoms with Gasteiger partial charge in [-0.05, 0) is 29.0 Å². The number of rotatable bonds is 2. The first-order chi connectivity index (χ1) is 12.5. The molecule has 7 nitrogen and oxygen atoms in total. The highest BCUT2D eigenvalue weighted by molar-refractivity contribution is 6.03. The Kier molecular flexibility index (Phi) is 3.52. The van der Waals surface area contributed by atoms with Crippen LogP contribution in [-0.2, 0) is 0 Å². The van der Waals surface area contributed by atoms with Gasteiger partial charge in [0.15, 0.2) is 6.17 Å². The highest BCUT2D eigenvalue weighted by Gasteiger charge is 2.35. The smallest absolute Gasteiger partial charge is 0.339 e. The van der Waals surface area contributed by atoms with Crippen LogP contribution >= 0.6 is 0 Å². The van der Waals surface area contributed by atoms with E-state index in [1.165, 1.54) is 6.07 Å². The summed E-state index contributed by atoms with van der Waals surface area (Å²) in [6.45, 7) is 0. The Hall–Kier alpha value is -3.58. The predicted octanol–water partition coefficient (Wildman–Crippen LogP) is 3.20. The average molecular weight is 350 g/mol. The molecule has 0 aliphatic carbocycles. The number of carbonyl (C=O) groups excluding carboxylic acids is 1. The fourth-order valence-corrected chi connectivity index (χ4v) is 3.24. The van der Waals surface area contributed by atoms with Gasteiger partial charge in [0.05, 0.1) is 5.56 Å². The molecule has 1 aliphatic rings. The Balaban J connectivity index is 1.98. The number of amides is 1. The number of hydrogen-bond acceptors (Lipinski definition) is 5. The second-order valence-corrected chi connectivity index (χ2v) is 5.95. The molecular formula is C19H14N2O5. The number of carboxylic acids is 1. The molecule has 7 heteroatoms. The summed E-state index contributed by atoms with van der Waals surface area (Å²) in [6, 6.07) is 14.9. The van der Waals surface area contributed by atoms with Gasteiger partial charge in [-0.3, -0.25) is 10.0 Å². The summed E-state index contributed by atoms with van der Waals surface area (Å²) in [5, 5.41) is 35.0. The van der Waals surface area contributed by atoms with Crippen LogP contribution in [0.4, 0.5) is 5.69 Å². The first kappa shape index (κ1) is 15.9.